The maximum absolute atomic E-state index is 14.0. The Kier molecular flexibility index (Phi) is 6.23. The van der Waals surface area contributed by atoms with Crippen molar-refractivity contribution in [3.05, 3.63) is 52.6 Å². The number of ketones is 1. The third-order valence-electron chi connectivity index (χ3n) is 8.41. The van der Waals surface area contributed by atoms with Gasteiger partial charge in [0.2, 0.25) is 5.91 Å². The van der Waals surface area contributed by atoms with E-state index in [0.717, 1.165) is 29.9 Å². The van der Waals surface area contributed by atoms with Crippen molar-refractivity contribution in [3.8, 4) is 0 Å². The summed E-state index contributed by atoms with van der Waals surface area (Å²) in [6.45, 7) is 11.2. The van der Waals surface area contributed by atoms with Gasteiger partial charge in [-0.25, -0.2) is 4.98 Å². The van der Waals surface area contributed by atoms with Crippen molar-refractivity contribution in [2.45, 2.75) is 91.5 Å². The Bertz CT molecular complexity index is 1180. The fourth-order valence-electron chi connectivity index (χ4n) is 6.10. The molecule has 0 N–H and O–H groups in total. The average Bonchev–Trinajstić information content (AvgIpc) is 3.25. The Morgan fingerprint density at radius 1 is 1.14 bits per heavy atom. The molecule has 35 heavy (non-hydrogen) atoms. The first-order chi connectivity index (χ1) is 16.7. The SMILES string of the molecule is C/C(=C\n1c(CN2C(=O)C3(CC(C(=O)CC(C)C)C3)c3ccccc32)nc2c1CCCC2)C(C)C. The van der Waals surface area contributed by atoms with E-state index in [4.69, 9.17) is 4.98 Å². The molecule has 1 spiro atoms. The fraction of sp³-hybridized carbons (Fsp3) is 0.567. The number of imidazole rings is 1. The molecule has 1 aromatic carbocycles. The van der Waals surface area contributed by atoms with Crippen molar-refractivity contribution >= 4 is 23.6 Å². The summed E-state index contributed by atoms with van der Waals surface area (Å²) in [7, 11) is 0. The van der Waals surface area contributed by atoms with Crippen molar-refractivity contribution in [1.82, 2.24) is 9.55 Å². The van der Waals surface area contributed by atoms with Crippen LogP contribution < -0.4 is 4.90 Å². The number of hydrogen-bond acceptors (Lipinski definition) is 3. The van der Waals surface area contributed by atoms with Gasteiger partial charge in [0.05, 0.1) is 17.7 Å². The van der Waals surface area contributed by atoms with Crippen LogP contribution in [0.4, 0.5) is 5.69 Å². The minimum atomic E-state index is -0.547. The monoisotopic (exact) mass is 473 g/mol. The second-order valence-corrected chi connectivity index (χ2v) is 11.7. The van der Waals surface area contributed by atoms with Gasteiger partial charge < -0.3 is 9.47 Å². The van der Waals surface area contributed by atoms with Crippen LogP contribution in [0.3, 0.4) is 0 Å². The number of allylic oxidation sites excluding steroid dienone is 1. The second-order valence-electron chi connectivity index (χ2n) is 11.7. The molecule has 1 saturated carbocycles. The summed E-state index contributed by atoms with van der Waals surface area (Å²) in [4.78, 5) is 33.8. The van der Waals surface area contributed by atoms with Gasteiger partial charge in [0.15, 0.2) is 0 Å². The maximum atomic E-state index is 14.0. The van der Waals surface area contributed by atoms with Gasteiger partial charge in [0.1, 0.15) is 11.6 Å². The zero-order valence-electron chi connectivity index (χ0n) is 21.9. The van der Waals surface area contributed by atoms with Gasteiger partial charge in [-0.05, 0) is 68.9 Å². The van der Waals surface area contributed by atoms with Crippen LogP contribution in [-0.4, -0.2) is 21.2 Å². The molecule has 0 radical (unpaired) electrons. The zero-order chi connectivity index (χ0) is 24.9. The van der Waals surface area contributed by atoms with Gasteiger partial charge in [-0.15, -0.1) is 0 Å². The van der Waals surface area contributed by atoms with Crippen LogP contribution in [0.1, 0.15) is 89.5 Å². The number of carbonyl (C=O) groups excluding carboxylic acids is 2. The highest BCUT2D eigenvalue weighted by atomic mass is 16.2. The number of Topliss-reactive ketones (excluding diaryl/α,β-unsaturated/α-hetero) is 1. The molecule has 5 heteroatoms. The average molecular weight is 474 g/mol. The molecule has 0 atom stereocenters. The van der Waals surface area contributed by atoms with E-state index in [2.05, 4.69) is 57.5 Å². The summed E-state index contributed by atoms with van der Waals surface area (Å²) in [6, 6.07) is 8.19. The van der Waals surface area contributed by atoms with Crippen LogP contribution in [0.25, 0.3) is 6.20 Å². The Balaban J connectivity index is 1.47. The number of benzene rings is 1. The fourth-order valence-corrected chi connectivity index (χ4v) is 6.10. The molecule has 5 rings (SSSR count). The molecule has 0 bridgehead atoms. The highest BCUT2D eigenvalue weighted by Gasteiger charge is 2.59. The molecular weight excluding hydrogens is 434 g/mol. The highest BCUT2D eigenvalue weighted by Crippen LogP contribution is 2.56. The Labute approximate surface area is 209 Å². The predicted molar refractivity (Wildman–Crippen MR) is 140 cm³/mol. The molecule has 0 unspecified atom stereocenters. The summed E-state index contributed by atoms with van der Waals surface area (Å²) in [6.07, 6.45) is 8.54. The maximum Gasteiger partial charge on any atom is 0.238 e. The molecule has 2 heterocycles. The number of fused-ring (bicyclic) bond motifs is 3. The molecule has 3 aliphatic rings. The number of carbonyl (C=O) groups is 2. The number of hydrogen-bond donors (Lipinski definition) is 0. The first kappa shape index (κ1) is 24.0. The Morgan fingerprint density at radius 3 is 2.57 bits per heavy atom. The van der Waals surface area contributed by atoms with Gasteiger partial charge in [-0.1, -0.05) is 51.5 Å². The normalized spacial score (nSPS) is 23.7. The molecule has 1 aromatic heterocycles. The number of rotatable bonds is 7. The quantitative estimate of drug-likeness (QED) is 0.489. The van der Waals surface area contributed by atoms with Crippen molar-refractivity contribution < 1.29 is 9.59 Å². The standard InChI is InChI=1S/C30H39N3O2/c1-19(2)14-27(34)22-15-30(16-22)23-10-6-8-12-25(23)33(29(30)35)18-28-31-24-11-7-9-13-26(24)32(28)17-21(5)20(3)4/h6,8,10,12,17,19-20,22H,7,9,11,13-16,18H2,1-5H3/b21-17+. The van der Waals surface area contributed by atoms with Gasteiger partial charge in [0, 0.05) is 29.9 Å². The molecule has 0 saturated heterocycles. The number of amides is 1. The van der Waals surface area contributed by atoms with Crippen LogP contribution in [0.5, 0.6) is 0 Å². The third-order valence-corrected chi connectivity index (χ3v) is 8.41. The summed E-state index contributed by atoms with van der Waals surface area (Å²) in [5.74, 6) is 2.21. The molecule has 5 nitrogen and oxygen atoms in total. The van der Waals surface area contributed by atoms with E-state index < -0.39 is 5.41 Å². The van der Waals surface area contributed by atoms with Gasteiger partial charge in [-0.3, -0.25) is 9.59 Å². The smallest absolute Gasteiger partial charge is 0.238 e. The molecule has 1 aliphatic heterocycles. The number of aromatic nitrogens is 2. The van der Waals surface area contributed by atoms with E-state index in [-0.39, 0.29) is 11.8 Å². The summed E-state index contributed by atoms with van der Waals surface area (Å²) in [5, 5.41) is 0. The van der Waals surface area contributed by atoms with E-state index in [9.17, 15) is 9.59 Å². The lowest BCUT2D eigenvalue weighted by atomic mass is 9.57. The van der Waals surface area contributed by atoms with Crippen LogP contribution in [0, 0.1) is 17.8 Å². The molecular formula is C30H39N3O2. The second kappa shape index (κ2) is 9.07. The highest BCUT2D eigenvalue weighted by molar-refractivity contribution is 6.09. The van der Waals surface area contributed by atoms with Crippen LogP contribution in [0.15, 0.2) is 29.8 Å². The summed E-state index contributed by atoms with van der Waals surface area (Å²) in [5.41, 5.74) is 5.35. The van der Waals surface area contributed by atoms with Crippen LogP contribution in [0.2, 0.25) is 0 Å². The van der Waals surface area contributed by atoms with Crippen LogP contribution in [-0.2, 0) is 34.4 Å². The number of anilines is 1. The van der Waals surface area contributed by atoms with Crippen molar-refractivity contribution in [2.24, 2.45) is 17.8 Å². The lowest BCUT2D eigenvalue weighted by Gasteiger charge is -2.43. The van der Waals surface area contributed by atoms with E-state index in [1.165, 1.54) is 29.8 Å². The van der Waals surface area contributed by atoms with Crippen molar-refractivity contribution in [3.63, 3.8) is 0 Å². The van der Waals surface area contributed by atoms with Crippen LogP contribution >= 0.6 is 0 Å². The molecule has 186 valence electrons. The van der Waals surface area contributed by atoms with E-state index >= 15 is 0 Å². The predicted octanol–water partition coefficient (Wildman–Crippen LogP) is 6.09. The van der Waals surface area contributed by atoms with Crippen molar-refractivity contribution in [1.29, 1.82) is 0 Å². The first-order valence-corrected chi connectivity index (χ1v) is 13.4. The summed E-state index contributed by atoms with van der Waals surface area (Å²) < 4.78 is 2.28. The molecule has 1 amide bonds. The lowest BCUT2D eigenvalue weighted by molar-refractivity contribution is -0.135. The van der Waals surface area contributed by atoms with Gasteiger partial charge in [0.25, 0.3) is 0 Å². The summed E-state index contributed by atoms with van der Waals surface area (Å²) >= 11 is 0. The molecule has 2 aliphatic carbocycles. The Hall–Kier alpha value is -2.69. The topological polar surface area (TPSA) is 55.2 Å². The first-order valence-electron chi connectivity index (χ1n) is 13.4. The number of para-hydroxylation sites is 1. The largest absolute Gasteiger partial charge is 0.306 e. The Morgan fingerprint density at radius 2 is 1.86 bits per heavy atom. The molecule has 1 fully saturated rings. The number of nitrogens with zero attached hydrogens (tertiary/aromatic N) is 3. The zero-order valence-corrected chi connectivity index (χ0v) is 21.9. The van der Waals surface area contributed by atoms with Gasteiger partial charge in [-0.2, -0.15) is 0 Å². The van der Waals surface area contributed by atoms with E-state index in [0.29, 0.717) is 43.4 Å². The third kappa shape index (κ3) is 4.07. The van der Waals surface area contributed by atoms with Gasteiger partial charge >= 0.3 is 0 Å². The van der Waals surface area contributed by atoms with E-state index in [1.807, 2.05) is 17.0 Å². The lowest BCUT2D eigenvalue weighted by Crippen LogP contribution is -2.51. The van der Waals surface area contributed by atoms with Crippen molar-refractivity contribution in [2.75, 3.05) is 4.90 Å². The minimum absolute atomic E-state index is 0.000260. The van der Waals surface area contributed by atoms with E-state index in [1.54, 1.807) is 0 Å². The molecule has 2 aromatic rings. The number of aryl methyl sites for hydroxylation is 1. The minimum Gasteiger partial charge on any atom is -0.306 e.